The highest BCUT2D eigenvalue weighted by Gasteiger charge is 2.16. The van der Waals surface area contributed by atoms with Gasteiger partial charge in [0.1, 0.15) is 0 Å². The Bertz CT molecular complexity index is 137. The van der Waals surface area contributed by atoms with E-state index in [1.807, 2.05) is 0 Å². The second-order valence-electron chi connectivity index (χ2n) is 1.51. The topological polar surface area (TPSA) is 21.7 Å². The number of hydrogen-bond acceptors (Lipinski definition) is 3. The van der Waals surface area contributed by atoms with Crippen LogP contribution in [0.2, 0.25) is 0 Å². The maximum Gasteiger partial charge on any atom is 0.286 e. The summed E-state index contributed by atoms with van der Waals surface area (Å²) in [6.07, 6.45) is 1.70. The minimum Gasteiger partial charge on any atom is -0.440 e. The molecule has 0 saturated carbocycles. The van der Waals surface area contributed by atoms with E-state index in [9.17, 15) is 0 Å². The van der Waals surface area contributed by atoms with Gasteiger partial charge in [0.25, 0.3) is 5.17 Å². The minimum atomic E-state index is 0.229. The summed E-state index contributed by atoms with van der Waals surface area (Å²) < 4.78 is 4.81. The van der Waals surface area contributed by atoms with Crippen LogP contribution in [0.25, 0.3) is 0 Å². The SMILES string of the molecule is C=CCN1OCOC1=S. The van der Waals surface area contributed by atoms with E-state index in [0.717, 1.165) is 0 Å². The van der Waals surface area contributed by atoms with Crippen LogP contribution in [0.15, 0.2) is 12.7 Å². The van der Waals surface area contributed by atoms with E-state index in [2.05, 4.69) is 6.58 Å². The first-order valence-corrected chi connectivity index (χ1v) is 2.93. The summed E-state index contributed by atoms with van der Waals surface area (Å²) in [5.41, 5.74) is 0. The second-order valence-corrected chi connectivity index (χ2v) is 1.86. The maximum atomic E-state index is 4.90. The molecule has 0 atom stereocenters. The Labute approximate surface area is 58.8 Å². The van der Waals surface area contributed by atoms with Gasteiger partial charge in [-0.25, -0.2) is 9.90 Å². The van der Waals surface area contributed by atoms with E-state index in [1.54, 1.807) is 6.08 Å². The van der Waals surface area contributed by atoms with Crippen molar-refractivity contribution >= 4 is 17.4 Å². The van der Waals surface area contributed by atoms with Gasteiger partial charge in [-0.05, 0) is 12.2 Å². The number of ether oxygens (including phenoxy) is 1. The molecule has 4 heteroatoms. The van der Waals surface area contributed by atoms with Crippen LogP contribution >= 0.6 is 12.2 Å². The third kappa shape index (κ3) is 1.40. The fraction of sp³-hybridized carbons (Fsp3) is 0.400. The standard InChI is InChI=1S/C5H7NO2S/c1-2-3-6-5(9)7-4-8-6/h2H,1,3-4H2. The molecule has 1 aliphatic rings. The van der Waals surface area contributed by atoms with Gasteiger partial charge >= 0.3 is 0 Å². The van der Waals surface area contributed by atoms with E-state index in [0.29, 0.717) is 11.7 Å². The van der Waals surface area contributed by atoms with E-state index in [1.165, 1.54) is 5.06 Å². The predicted molar refractivity (Wildman–Crippen MR) is 36.5 cm³/mol. The van der Waals surface area contributed by atoms with Crippen LogP contribution in [0.5, 0.6) is 0 Å². The van der Waals surface area contributed by atoms with Crippen molar-refractivity contribution in [3.63, 3.8) is 0 Å². The normalized spacial score (nSPS) is 17.8. The first kappa shape index (κ1) is 6.51. The third-order valence-corrected chi connectivity index (χ3v) is 1.21. The maximum absolute atomic E-state index is 4.90. The van der Waals surface area contributed by atoms with Crippen LogP contribution in [0, 0.1) is 0 Å². The molecule has 0 spiro atoms. The Balaban J connectivity index is 2.39. The molecule has 0 amide bonds. The van der Waals surface area contributed by atoms with Crippen molar-refractivity contribution in [1.82, 2.24) is 5.06 Å². The number of thiocarbonyl (C=S) groups is 1. The monoisotopic (exact) mass is 145 g/mol. The highest BCUT2D eigenvalue weighted by molar-refractivity contribution is 7.80. The summed E-state index contributed by atoms with van der Waals surface area (Å²) in [5.74, 6) is 0. The molecular weight excluding hydrogens is 138 g/mol. The number of hydrogen-bond donors (Lipinski definition) is 0. The summed E-state index contributed by atoms with van der Waals surface area (Å²) in [6.45, 7) is 4.33. The van der Waals surface area contributed by atoms with Gasteiger partial charge in [-0.3, -0.25) is 0 Å². The molecule has 0 radical (unpaired) electrons. The molecule has 3 nitrogen and oxygen atoms in total. The van der Waals surface area contributed by atoms with Crippen molar-refractivity contribution in [3.05, 3.63) is 12.7 Å². The van der Waals surface area contributed by atoms with Crippen molar-refractivity contribution in [2.24, 2.45) is 0 Å². The zero-order valence-corrected chi connectivity index (χ0v) is 5.69. The predicted octanol–water partition coefficient (Wildman–Crippen LogP) is 0.679. The quantitative estimate of drug-likeness (QED) is 0.420. The largest absolute Gasteiger partial charge is 0.440 e. The molecule has 1 saturated heterocycles. The lowest BCUT2D eigenvalue weighted by molar-refractivity contribution is -0.0857. The molecule has 0 aliphatic carbocycles. The lowest BCUT2D eigenvalue weighted by atomic mass is 10.6. The lowest BCUT2D eigenvalue weighted by Crippen LogP contribution is -2.21. The summed E-state index contributed by atoms with van der Waals surface area (Å²) in [4.78, 5) is 4.90. The Kier molecular flexibility index (Phi) is 2.02. The highest BCUT2D eigenvalue weighted by Crippen LogP contribution is 2.03. The summed E-state index contributed by atoms with van der Waals surface area (Å²) in [5, 5.41) is 1.86. The molecular formula is C5H7NO2S. The van der Waals surface area contributed by atoms with Crippen LogP contribution in [0.4, 0.5) is 0 Å². The molecule has 9 heavy (non-hydrogen) atoms. The molecule has 0 unspecified atom stereocenters. The van der Waals surface area contributed by atoms with Crippen LogP contribution in [0.1, 0.15) is 0 Å². The molecule has 0 bridgehead atoms. The molecule has 1 heterocycles. The number of nitrogens with zero attached hydrogens (tertiary/aromatic N) is 1. The second kappa shape index (κ2) is 2.80. The van der Waals surface area contributed by atoms with Crippen molar-refractivity contribution in [2.75, 3.05) is 13.3 Å². The van der Waals surface area contributed by atoms with Gasteiger partial charge in [0.15, 0.2) is 0 Å². The highest BCUT2D eigenvalue weighted by atomic mass is 32.1. The first-order chi connectivity index (χ1) is 4.34. The average molecular weight is 145 g/mol. The van der Waals surface area contributed by atoms with Gasteiger partial charge in [-0.2, -0.15) is 0 Å². The number of rotatable bonds is 2. The average Bonchev–Trinajstić information content (AvgIpc) is 2.18. The van der Waals surface area contributed by atoms with Crippen molar-refractivity contribution < 1.29 is 9.57 Å². The van der Waals surface area contributed by atoms with Gasteiger partial charge in [-0.1, -0.05) is 6.08 Å². The summed E-state index contributed by atoms with van der Waals surface area (Å²) >= 11 is 4.74. The summed E-state index contributed by atoms with van der Waals surface area (Å²) in [7, 11) is 0. The summed E-state index contributed by atoms with van der Waals surface area (Å²) in [6, 6.07) is 0. The zero-order chi connectivity index (χ0) is 6.69. The fourth-order valence-corrected chi connectivity index (χ4v) is 0.685. The van der Waals surface area contributed by atoms with E-state index < -0.39 is 0 Å². The van der Waals surface area contributed by atoms with Gasteiger partial charge in [0, 0.05) is 0 Å². The van der Waals surface area contributed by atoms with Gasteiger partial charge in [0.05, 0.1) is 6.54 Å². The van der Waals surface area contributed by atoms with Crippen LogP contribution in [0.3, 0.4) is 0 Å². The Morgan fingerprint density at radius 2 is 2.67 bits per heavy atom. The van der Waals surface area contributed by atoms with Crippen molar-refractivity contribution in [3.8, 4) is 0 Å². The Morgan fingerprint density at radius 1 is 1.89 bits per heavy atom. The molecule has 1 fully saturated rings. The molecule has 0 aromatic rings. The van der Waals surface area contributed by atoms with Crippen LogP contribution in [-0.2, 0) is 9.57 Å². The van der Waals surface area contributed by atoms with Crippen molar-refractivity contribution in [1.29, 1.82) is 0 Å². The Morgan fingerprint density at radius 3 is 3.11 bits per heavy atom. The minimum absolute atomic E-state index is 0.229. The molecule has 1 aliphatic heterocycles. The van der Waals surface area contributed by atoms with Crippen LogP contribution < -0.4 is 0 Å². The molecule has 0 aromatic heterocycles. The van der Waals surface area contributed by atoms with Gasteiger partial charge in [-0.15, -0.1) is 6.58 Å². The van der Waals surface area contributed by atoms with Crippen molar-refractivity contribution in [2.45, 2.75) is 0 Å². The van der Waals surface area contributed by atoms with Crippen LogP contribution in [-0.4, -0.2) is 23.6 Å². The smallest absolute Gasteiger partial charge is 0.286 e. The van der Waals surface area contributed by atoms with E-state index >= 15 is 0 Å². The first-order valence-electron chi connectivity index (χ1n) is 2.52. The molecule has 50 valence electrons. The number of hydroxylamine groups is 2. The van der Waals surface area contributed by atoms with E-state index in [-0.39, 0.29) is 6.79 Å². The van der Waals surface area contributed by atoms with E-state index in [4.69, 9.17) is 21.8 Å². The van der Waals surface area contributed by atoms with Gasteiger partial charge < -0.3 is 4.74 Å². The zero-order valence-electron chi connectivity index (χ0n) is 4.87. The molecule has 1 rings (SSSR count). The fourth-order valence-electron chi connectivity index (χ4n) is 0.510. The molecule has 0 aromatic carbocycles. The van der Waals surface area contributed by atoms with Gasteiger partial charge in [0.2, 0.25) is 6.79 Å². The Hall–Kier alpha value is -0.610. The third-order valence-electron chi connectivity index (χ3n) is 0.889. The lowest BCUT2D eigenvalue weighted by Gasteiger charge is -2.07. The molecule has 0 N–H and O–H groups in total.